The van der Waals surface area contributed by atoms with Gasteiger partial charge in [0.2, 0.25) is 21.8 Å². The van der Waals surface area contributed by atoms with Gasteiger partial charge in [-0.1, -0.05) is 74.9 Å². The molecule has 2 aliphatic carbocycles. The molecule has 10 nitrogen and oxygen atoms in total. The number of hydrogen-bond donors (Lipinski definition) is 1. The van der Waals surface area contributed by atoms with Crippen LogP contribution in [-0.4, -0.2) is 66.9 Å². The van der Waals surface area contributed by atoms with Gasteiger partial charge in [0.25, 0.3) is 0 Å². The van der Waals surface area contributed by atoms with Crippen molar-refractivity contribution < 1.29 is 36.7 Å². The second-order valence-corrected chi connectivity index (χ2v) is 18.5. The molecule has 3 heterocycles. The van der Waals surface area contributed by atoms with Gasteiger partial charge in [-0.25, -0.2) is 17.8 Å². The highest BCUT2D eigenvalue weighted by Gasteiger charge is 2.61. The molecule has 4 aromatic rings. The standard InChI is InChI=1S/C46H50FN3O7S.CH4/c1-29-21-30(15-20-38(29)47)22-32-13-7-4-3-5-10-14-33-26-46(33,45(53)49-58(54,55)36-17-18-36)27-42(51)41-24-35(28-50(41)44(32)52)57-43-25-39(31-11-8-6-9-12-31)48-40-23-34(56-2)16-19-37(40)43;/h6,8-12,14-16,19-21,23,25,32-33,35-36,41H,3-5,7,13,17-18,22,24,26-28H2,1-2H3,(H,49,53);1H4/b14-10-;/t32-,33-,35-,41+,46-;/m1./s1. The summed E-state index contributed by atoms with van der Waals surface area (Å²) in [5.74, 6) is -1.02. The number of hydrogen-bond acceptors (Lipinski definition) is 8. The number of methoxy groups -OCH3 is 1. The van der Waals surface area contributed by atoms with Crippen molar-refractivity contribution in [2.75, 3.05) is 13.7 Å². The summed E-state index contributed by atoms with van der Waals surface area (Å²) >= 11 is 0. The van der Waals surface area contributed by atoms with Crippen molar-refractivity contribution >= 4 is 38.5 Å². The molecule has 4 aliphatic rings. The Morgan fingerprint density at radius 1 is 1.00 bits per heavy atom. The Morgan fingerprint density at radius 2 is 1.80 bits per heavy atom. The number of pyridine rings is 1. The van der Waals surface area contributed by atoms with Crippen LogP contribution in [0.15, 0.2) is 84.9 Å². The van der Waals surface area contributed by atoms with Crippen LogP contribution in [0.5, 0.6) is 11.5 Å². The molecule has 1 saturated heterocycles. The molecule has 0 radical (unpaired) electrons. The van der Waals surface area contributed by atoms with E-state index >= 15 is 0 Å². The summed E-state index contributed by atoms with van der Waals surface area (Å²) in [5, 5.41) is 0.154. The van der Waals surface area contributed by atoms with Gasteiger partial charge >= 0.3 is 0 Å². The summed E-state index contributed by atoms with van der Waals surface area (Å²) in [4.78, 5) is 50.1. The largest absolute Gasteiger partial charge is 0.497 e. The van der Waals surface area contributed by atoms with Crippen LogP contribution in [-0.2, 0) is 30.8 Å². The first-order chi connectivity index (χ1) is 27.9. The van der Waals surface area contributed by atoms with E-state index in [9.17, 15) is 27.2 Å². The molecule has 2 amide bonds. The highest BCUT2D eigenvalue weighted by molar-refractivity contribution is 7.90. The lowest BCUT2D eigenvalue weighted by molar-refractivity contribution is -0.142. The zero-order chi connectivity index (χ0) is 40.6. The van der Waals surface area contributed by atoms with Crippen molar-refractivity contribution in [3.05, 3.63) is 102 Å². The van der Waals surface area contributed by atoms with E-state index in [0.29, 0.717) is 60.4 Å². The number of benzene rings is 3. The second kappa shape index (κ2) is 17.2. The van der Waals surface area contributed by atoms with Gasteiger partial charge in [-0.05, 0) is 87.1 Å². The molecule has 0 spiro atoms. The second-order valence-electron chi connectivity index (χ2n) is 16.6. The predicted octanol–water partition coefficient (Wildman–Crippen LogP) is 8.30. The highest BCUT2D eigenvalue weighted by Crippen LogP contribution is 2.57. The summed E-state index contributed by atoms with van der Waals surface area (Å²) in [7, 11) is -2.25. The zero-order valence-corrected chi connectivity index (χ0v) is 33.8. The number of allylic oxidation sites excluding steroid dienone is 2. The average molecular weight is 824 g/mol. The van der Waals surface area contributed by atoms with E-state index < -0.39 is 44.7 Å². The van der Waals surface area contributed by atoms with Crippen LogP contribution in [0.1, 0.15) is 82.8 Å². The first-order valence-electron chi connectivity index (χ1n) is 20.5. The number of ether oxygens (including phenoxy) is 2. The van der Waals surface area contributed by atoms with E-state index in [4.69, 9.17) is 14.5 Å². The molecule has 2 aliphatic heterocycles. The van der Waals surface area contributed by atoms with Crippen molar-refractivity contribution in [2.24, 2.45) is 17.3 Å². The number of halogens is 1. The third-order valence-corrected chi connectivity index (χ3v) is 14.2. The van der Waals surface area contributed by atoms with Crippen molar-refractivity contribution in [1.29, 1.82) is 0 Å². The number of rotatable bonds is 9. The average Bonchev–Trinajstić information content (AvgIpc) is 4.15. The number of aryl methyl sites for hydroxylation is 1. The Bertz CT molecular complexity index is 2370. The Kier molecular flexibility index (Phi) is 12.3. The van der Waals surface area contributed by atoms with E-state index in [2.05, 4.69) is 4.72 Å². The minimum absolute atomic E-state index is 0. The maximum atomic E-state index is 14.9. The summed E-state index contributed by atoms with van der Waals surface area (Å²) in [6, 6.07) is 21.2. The summed E-state index contributed by atoms with van der Waals surface area (Å²) in [6.07, 6.45) is 9.06. The molecule has 0 bridgehead atoms. The number of sulfonamides is 1. The predicted molar refractivity (Wildman–Crippen MR) is 226 cm³/mol. The highest BCUT2D eigenvalue weighted by atomic mass is 32.2. The van der Waals surface area contributed by atoms with E-state index in [-0.39, 0.29) is 50.2 Å². The molecule has 312 valence electrons. The minimum atomic E-state index is -3.85. The molecule has 2 saturated carbocycles. The molecular weight excluding hydrogens is 770 g/mol. The van der Waals surface area contributed by atoms with E-state index in [1.165, 1.54) is 6.07 Å². The van der Waals surface area contributed by atoms with Crippen LogP contribution in [0, 0.1) is 30.0 Å². The molecule has 8 rings (SSSR count). The lowest BCUT2D eigenvalue weighted by Gasteiger charge is -2.29. The number of aromatic nitrogens is 1. The summed E-state index contributed by atoms with van der Waals surface area (Å²) in [5.41, 5.74) is 2.36. The van der Waals surface area contributed by atoms with E-state index in [1.54, 1.807) is 31.1 Å². The molecule has 1 N–H and O–H groups in total. The minimum Gasteiger partial charge on any atom is -0.497 e. The number of Topliss-reactive ketones (excluding diaryl/α,β-unsaturated/α-hetero) is 1. The molecule has 5 atom stereocenters. The first kappa shape index (κ1) is 42.0. The summed E-state index contributed by atoms with van der Waals surface area (Å²) in [6.45, 7) is 1.84. The van der Waals surface area contributed by atoms with E-state index in [1.807, 2.05) is 66.7 Å². The molecule has 1 aromatic heterocycles. The summed E-state index contributed by atoms with van der Waals surface area (Å²) < 4.78 is 54.9. The number of carbonyl (C=O) groups excluding carboxylic acids is 3. The van der Waals surface area contributed by atoms with Crippen LogP contribution in [0.3, 0.4) is 0 Å². The molecule has 12 heteroatoms. The Morgan fingerprint density at radius 3 is 2.54 bits per heavy atom. The van der Waals surface area contributed by atoms with Gasteiger partial charge in [0.1, 0.15) is 23.4 Å². The molecule has 3 fully saturated rings. The van der Waals surface area contributed by atoms with Crippen LogP contribution in [0.4, 0.5) is 4.39 Å². The molecule has 3 aromatic carbocycles. The normalized spacial score (nSPS) is 25.4. The fourth-order valence-electron chi connectivity index (χ4n) is 8.78. The first-order valence-corrected chi connectivity index (χ1v) is 22.0. The topological polar surface area (TPSA) is 132 Å². The monoisotopic (exact) mass is 823 g/mol. The van der Waals surface area contributed by atoms with Crippen LogP contribution >= 0.6 is 0 Å². The van der Waals surface area contributed by atoms with E-state index in [0.717, 1.165) is 42.2 Å². The smallest absolute Gasteiger partial charge is 0.240 e. The van der Waals surface area contributed by atoms with Gasteiger partial charge in [-0.15, -0.1) is 0 Å². The number of carbonyl (C=O) groups is 3. The van der Waals surface area contributed by atoms with Gasteiger partial charge in [0.05, 0.1) is 41.6 Å². The Hall–Kier alpha value is -5.10. The quantitative estimate of drug-likeness (QED) is 0.167. The molecular formula is C47H54FN3O7S. The van der Waals surface area contributed by atoms with Crippen molar-refractivity contribution in [1.82, 2.24) is 14.6 Å². The number of ketones is 1. The third kappa shape index (κ3) is 9.07. The Balaban J connectivity index is 0.00000528. The Labute approximate surface area is 346 Å². The maximum Gasteiger partial charge on any atom is 0.240 e. The number of fused-ring (bicyclic) bond motifs is 3. The number of amides is 2. The van der Waals surface area contributed by atoms with Gasteiger partial charge in [-0.3, -0.25) is 19.1 Å². The van der Waals surface area contributed by atoms with Gasteiger partial charge < -0.3 is 14.4 Å². The molecule has 59 heavy (non-hydrogen) atoms. The third-order valence-electron chi connectivity index (χ3n) is 12.4. The molecule has 0 unspecified atom stereocenters. The fourth-order valence-corrected chi connectivity index (χ4v) is 10.2. The number of nitrogens with zero attached hydrogens (tertiary/aromatic N) is 2. The lowest BCUT2D eigenvalue weighted by Crippen LogP contribution is -2.46. The lowest BCUT2D eigenvalue weighted by atomic mass is 9.89. The number of nitrogens with one attached hydrogen (secondary N) is 1. The van der Waals surface area contributed by atoms with Crippen LogP contribution < -0.4 is 14.2 Å². The van der Waals surface area contributed by atoms with Crippen LogP contribution in [0.2, 0.25) is 0 Å². The van der Waals surface area contributed by atoms with Gasteiger partial charge in [-0.2, -0.15) is 0 Å². The van der Waals surface area contributed by atoms with Crippen molar-refractivity contribution in [2.45, 2.75) is 102 Å². The van der Waals surface area contributed by atoms with Crippen molar-refractivity contribution in [3.8, 4) is 22.8 Å². The van der Waals surface area contributed by atoms with Gasteiger partial charge in [0, 0.05) is 41.8 Å². The SMILES string of the molecule is C.COc1ccc2c(O[C@@H]3C[C@H]4C(=O)C[C@]5(C(=O)NS(=O)(=O)C6CC6)C[C@H]5/C=C\CCCCC[C@H](Cc5ccc(F)c(C)c5)C(=O)N4C3)cc(-c3ccccc3)nc2c1. The van der Waals surface area contributed by atoms with Gasteiger partial charge in [0.15, 0.2) is 5.78 Å². The maximum absolute atomic E-state index is 14.9. The zero-order valence-electron chi connectivity index (χ0n) is 33.0. The van der Waals surface area contributed by atoms with Crippen LogP contribution in [0.25, 0.3) is 22.2 Å². The van der Waals surface area contributed by atoms with Crippen molar-refractivity contribution in [3.63, 3.8) is 0 Å². The fraction of sp³-hybridized carbons (Fsp3) is 0.447.